The molecule has 0 heterocycles. The largest absolute Gasteiger partial charge is 0.497 e. The molecular weight excluding hydrogens is 392 g/mol. The highest BCUT2D eigenvalue weighted by molar-refractivity contribution is 7.92. The molecule has 0 saturated carbocycles. The van der Waals surface area contributed by atoms with Gasteiger partial charge in [0.25, 0.3) is 10.0 Å². The van der Waals surface area contributed by atoms with E-state index < -0.39 is 20.0 Å². The fourth-order valence-electron chi connectivity index (χ4n) is 2.21. The van der Waals surface area contributed by atoms with Gasteiger partial charge < -0.3 is 9.47 Å². The van der Waals surface area contributed by atoms with Crippen LogP contribution >= 0.6 is 0 Å². The van der Waals surface area contributed by atoms with Gasteiger partial charge in [0.1, 0.15) is 16.4 Å². The second kappa shape index (κ2) is 8.15. The quantitative estimate of drug-likeness (QED) is 0.710. The lowest BCUT2D eigenvalue weighted by Gasteiger charge is -2.17. The van der Waals surface area contributed by atoms with E-state index >= 15 is 0 Å². The third-order valence-electron chi connectivity index (χ3n) is 3.62. The Balaban J connectivity index is 2.44. The van der Waals surface area contributed by atoms with E-state index in [4.69, 9.17) is 9.47 Å². The number of nitrogens with zero attached hydrogens (tertiary/aromatic N) is 1. The number of rotatable bonds is 8. The lowest BCUT2D eigenvalue weighted by molar-refractivity contribution is 0.330. The molecule has 1 N–H and O–H groups in total. The van der Waals surface area contributed by atoms with Gasteiger partial charge in [-0.05, 0) is 49.4 Å². The van der Waals surface area contributed by atoms with Crippen molar-refractivity contribution in [2.45, 2.75) is 16.7 Å². The van der Waals surface area contributed by atoms with Gasteiger partial charge in [-0.3, -0.25) is 4.72 Å². The van der Waals surface area contributed by atoms with Crippen LogP contribution in [0.25, 0.3) is 0 Å². The van der Waals surface area contributed by atoms with Crippen molar-refractivity contribution >= 4 is 25.7 Å². The number of sulfonamides is 2. The van der Waals surface area contributed by atoms with E-state index in [0.29, 0.717) is 5.75 Å². The summed E-state index contributed by atoms with van der Waals surface area (Å²) in [4.78, 5) is -0.0986. The van der Waals surface area contributed by atoms with Gasteiger partial charge in [0.2, 0.25) is 10.0 Å². The van der Waals surface area contributed by atoms with Gasteiger partial charge in [-0.25, -0.2) is 21.1 Å². The van der Waals surface area contributed by atoms with Crippen LogP contribution in [0, 0.1) is 0 Å². The Hall–Kier alpha value is -2.30. The molecule has 0 unspecified atom stereocenters. The molecule has 0 aliphatic heterocycles. The third kappa shape index (κ3) is 4.71. The van der Waals surface area contributed by atoms with Crippen LogP contribution < -0.4 is 14.2 Å². The molecular formula is C17H22N2O6S2. The predicted molar refractivity (Wildman–Crippen MR) is 102 cm³/mol. The fourth-order valence-corrected chi connectivity index (χ4v) is 4.31. The Morgan fingerprint density at radius 2 is 1.63 bits per heavy atom. The molecule has 2 rings (SSSR count). The smallest absolute Gasteiger partial charge is 0.261 e. The van der Waals surface area contributed by atoms with Crippen LogP contribution in [0.5, 0.6) is 11.5 Å². The maximum atomic E-state index is 12.6. The van der Waals surface area contributed by atoms with Crippen LogP contribution in [0.4, 0.5) is 5.69 Å². The molecule has 2 aromatic rings. The normalized spacial score (nSPS) is 12.0. The Morgan fingerprint density at radius 1 is 1.00 bits per heavy atom. The summed E-state index contributed by atoms with van der Waals surface area (Å²) in [6.45, 7) is 2.00. The number of anilines is 1. The van der Waals surface area contributed by atoms with Crippen molar-refractivity contribution in [3.63, 3.8) is 0 Å². The monoisotopic (exact) mass is 414 g/mol. The van der Waals surface area contributed by atoms with E-state index in [2.05, 4.69) is 4.72 Å². The minimum absolute atomic E-state index is 0.0224. The van der Waals surface area contributed by atoms with Crippen LogP contribution in [0.3, 0.4) is 0 Å². The maximum absolute atomic E-state index is 12.6. The molecule has 0 saturated heterocycles. The summed E-state index contributed by atoms with van der Waals surface area (Å²) in [6.07, 6.45) is 0. The summed E-state index contributed by atoms with van der Waals surface area (Å²) in [6, 6.07) is 9.94. The highest BCUT2D eigenvalue weighted by atomic mass is 32.2. The molecule has 0 radical (unpaired) electrons. The van der Waals surface area contributed by atoms with Gasteiger partial charge in [0.15, 0.2) is 0 Å². The zero-order chi connectivity index (χ0) is 20.2. The molecule has 0 aliphatic rings. The van der Waals surface area contributed by atoms with Crippen LogP contribution in [0.1, 0.15) is 6.92 Å². The molecule has 0 amide bonds. The molecule has 0 aromatic heterocycles. The molecule has 27 heavy (non-hydrogen) atoms. The van der Waals surface area contributed by atoms with Gasteiger partial charge in [-0.1, -0.05) is 0 Å². The van der Waals surface area contributed by atoms with E-state index in [-0.39, 0.29) is 27.8 Å². The summed E-state index contributed by atoms with van der Waals surface area (Å²) in [5, 5.41) is 0. The molecule has 0 spiro atoms. The van der Waals surface area contributed by atoms with Gasteiger partial charge in [-0.15, -0.1) is 0 Å². The zero-order valence-electron chi connectivity index (χ0n) is 15.5. The van der Waals surface area contributed by atoms with E-state index in [1.165, 1.54) is 63.7 Å². The Morgan fingerprint density at radius 3 is 2.15 bits per heavy atom. The van der Waals surface area contributed by atoms with Crippen molar-refractivity contribution in [2.75, 3.05) is 32.5 Å². The van der Waals surface area contributed by atoms with Crippen LogP contribution in [-0.4, -0.2) is 49.0 Å². The van der Waals surface area contributed by atoms with E-state index in [0.717, 1.165) is 4.31 Å². The SMILES string of the molecule is CCOc1ccc(NS(=O)(=O)c2ccc(OC)cc2)cc1S(=O)(=O)N(C)C. The molecule has 0 aliphatic carbocycles. The first kappa shape index (κ1) is 21.0. The number of benzene rings is 2. The summed E-state index contributed by atoms with van der Waals surface area (Å²) in [5.74, 6) is 0.674. The third-order valence-corrected chi connectivity index (χ3v) is 6.86. The van der Waals surface area contributed by atoms with Crippen LogP contribution in [0.15, 0.2) is 52.3 Å². The second-order valence-electron chi connectivity index (χ2n) is 5.66. The summed E-state index contributed by atoms with van der Waals surface area (Å²) < 4.78 is 64.0. The van der Waals surface area contributed by atoms with E-state index in [1.54, 1.807) is 6.92 Å². The Labute approximate surface area is 159 Å². The summed E-state index contributed by atoms with van der Waals surface area (Å²) in [5.41, 5.74) is 0.106. The first-order valence-corrected chi connectivity index (χ1v) is 10.9. The molecule has 148 valence electrons. The highest BCUT2D eigenvalue weighted by Crippen LogP contribution is 2.30. The number of hydrogen-bond acceptors (Lipinski definition) is 6. The van der Waals surface area contributed by atoms with E-state index in [1.807, 2.05) is 0 Å². The fraction of sp³-hybridized carbons (Fsp3) is 0.294. The Bertz CT molecular complexity index is 1000. The molecule has 10 heteroatoms. The lowest BCUT2D eigenvalue weighted by atomic mass is 10.3. The topological polar surface area (TPSA) is 102 Å². The van der Waals surface area contributed by atoms with E-state index in [9.17, 15) is 16.8 Å². The molecule has 2 aromatic carbocycles. The highest BCUT2D eigenvalue weighted by Gasteiger charge is 2.24. The maximum Gasteiger partial charge on any atom is 0.261 e. The van der Waals surface area contributed by atoms with Crippen molar-refractivity contribution in [3.8, 4) is 11.5 Å². The standard InChI is InChI=1S/C17H22N2O6S2/c1-5-25-16-11-6-13(12-17(16)27(22,23)19(2)3)18-26(20,21)15-9-7-14(24-4)8-10-15/h6-12,18H,5H2,1-4H3. The minimum Gasteiger partial charge on any atom is -0.497 e. The first-order chi connectivity index (χ1) is 12.6. The van der Waals surface area contributed by atoms with Gasteiger partial charge in [0, 0.05) is 14.1 Å². The Kier molecular flexibility index (Phi) is 6.34. The zero-order valence-corrected chi connectivity index (χ0v) is 17.1. The average molecular weight is 415 g/mol. The average Bonchev–Trinajstić information content (AvgIpc) is 2.62. The predicted octanol–water partition coefficient (Wildman–Crippen LogP) is 2.15. The van der Waals surface area contributed by atoms with Gasteiger partial charge in [-0.2, -0.15) is 0 Å². The van der Waals surface area contributed by atoms with Crippen molar-refractivity contribution in [1.82, 2.24) is 4.31 Å². The van der Waals surface area contributed by atoms with Crippen molar-refractivity contribution in [2.24, 2.45) is 0 Å². The molecule has 8 nitrogen and oxygen atoms in total. The molecule has 0 atom stereocenters. The summed E-state index contributed by atoms with van der Waals surface area (Å²) >= 11 is 0. The van der Waals surface area contributed by atoms with Gasteiger partial charge in [0.05, 0.1) is 24.3 Å². The number of ether oxygens (including phenoxy) is 2. The summed E-state index contributed by atoms with van der Waals surface area (Å²) in [7, 11) is -3.47. The second-order valence-corrected chi connectivity index (χ2v) is 9.47. The minimum atomic E-state index is -3.90. The van der Waals surface area contributed by atoms with Crippen LogP contribution in [-0.2, 0) is 20.0 Å². The van der Waals surface area contributed by atoms with Crippen LogP contribution in [0.2, 0.25) is 0 Å². The van der Waals surface area contributed by atoms with Crippen molar-refractivity contribution < 1.29 is 26.3 Å². The first-order valence-electron chi connectivity index (χ1n) is 7.98. The number of nitrogens with one attached hydrogen (secondary N) is 1. The van der Waals surface area contributed by atoms with Gasteiger partial charge >= 0.3 is 0 Å². The molecule has 0 bridgehead atoms. The number of methoxy groups -OCH3 is 1. The molecule has 0 fully saturated rings. The van der Waals surface area contributed by atoms with Crippen molar-refractivity contribution in [3.05, 3.63) is 42.5 Å². The lowest BCUT2D eigenvalue weighted by Crippen LogP contribution is -2.23. The number of hydrogen-bond donors (Lipinski definition) is 1. The van der Waals surface area contributed by atoms with Crippen molar-refractivity contribution in [1.29, 1.82) is 0 Å².